The lowest BCUT2D eigenvalue weighted by Gasteiger charge is -2.23. The highest BCUT2D eigenvalue weighted by Crippen LogP contribution is 2.31. The highest BCUT2D eigenvalue weighted by molar-refractivity contribution is 5.83. The summed E-state index contributed by atoms with van der Waals surface area (Å²) in [5.74, 6) is 1.63. The molecular formula is C22H28N2O2. The van der Waals surface area contributed by atoms with Crippen LogP contribution in [0, 0.1) is 0 Å². The molecule has 0 aliphatic heterocycles. The van der Waals surface area contributed by atoms with Gasteiger partial charge in [0.25, 0.3) is 0 Å². The molecule has 138 valence electrons. The van der Waals surface area contributed by atoms with Gasteiger partial charge >= 0.3 is 0 Å². The summed E-state index contributed by atoms with van der Waals surface area (Å²) in [5.41, 5.74) is 3.75. The first-order valence-electron chi connectivity index (χ1n) is 9.24. The maximum atomic E-state index is 5.60. The van der Waals surface area contributed by atoms with E-state index in [4.69, 9.17) is 9.47 Å². The average molecular weight is 352 g/mol. The Hall–Kier alpha value is -2.46. The lowest BCUT2D eigenvalue weighted by molar-refractivity contribution is 0.262. The Labute approximate surface area is 155 Å². The molecule has 0 spiro atoms. The van der Waals surface area contributed by atoms with Crippen molar-refractivity contribution in [2.75, 3.05) is 27.3 Å². The van der Waals surface area contributed by atoms with E-state index in [9.17, 15) is 0 Å². The normalized spacial score (nSPS) is 11.2. The van der Waals surface area contributed by atoms with Crippen molar-refractivity contribution >= 4 is 10.9 Å². The number of methoxy groups -OCH3 is 2. The first kappa shape index (κ1) is 18.3. The number of rotatable bonds is 9. The van der Waals surface area contributed by atoms with E-state index < -0.39 is 0 Å². The van der Waals surface area contributed by atoms with Crippen molar-refractivity contribution in [1.29, 1.82) is 0 Å². The van der Waals surface area contributed by atoms with E-state index in [1.165, 1.54) is 22.0 Å². The minimum Gasteiger partial charge on any atom is -0.493 e. The van der Waals surface area contributed by atoms with Crippen LogP contribution in [0.2, 0.25) is 0 Å². The SMILES string of the molecule is CCCN(CCc1c[nH]c2ccccc12)Cc1cccc(OC)c1OC. The average Bonchev–Trinajstić information content (AvgIpc) is 3.09. The molecule has 2 aromatic carbocycles. The lowest BCUT2D eigenvalue weighted by atomic mass is 10.1. The van der Waals surface area contributed by atoms with Crippen molar-refractivity contribution in [1.82, 2.24) is 9.88 Å². The smallest absolute Gasteiger partial charge is 0.165 e. The predicted molar refractivity (Wildman–Crippen MR) is 107 cm³/mol. The molecule has 0 bridgehead atoms. The van der Waals surface area contributed by atoms with Crippen LogP contribution in [0.1, 0.15) is 24.5 Å². The number of H-pyrrole nitrogens is 1. The number of hydrogen-bond donors (Lipinski definition) is 1. The molecule has 0 atom stereocenters. The molecule has 1 aromatic heterocycles. The van der Waals surface area contributed by atoms with E-state index in [1.807, 2.05) is 12.1 Å². The summed E-state index contributed by atoms with van der Waals surface area (Å²) in [4.78, 5) is 5.86. The van der Waals surface area contributed by atoms with E-state index >= 15 is 0 Å². The Morgan fingerprint density at radius 2 is 1.77 bits per heavy atom. The second kappa shape index (κ2) is 8.77. The van der Waals surface area contributed by atoms with Crippen LogP contribution in [0.5, 0.6) is 11.5 Å². The van der Waals surface area contributed by atoms with Crippen LogP contribution in [-0.4, -0.2) is 37.2 Å². The molecule has 1 N–H and O–H groups in total. The monoisotopic (exact) mass is 352 g/mol. The largest absolute Gasteiger partial charge is 0.493 e. The van der Waals surface area contributed by atoms with Crippen molar-refractivity contribution in [3.8, 4) is 11.5 Å². The molecule has 0 aliphatic carbocycles. The van der Waals surface area contributed by atoms with E-state index in [2.05, 4.69) is 53.3 Å². The molecule has 0 unspecified atom stereocenters. The Balaban J connectivity index is 1.74. The van der Waals surface area contributed by atoms with Crippen molar-refractivity contribution in [3.05, 3.63) is 59.8 Å². The van der Waals surface area contributed by atoms with Crippen molar-refractivity contribution in [3.63, 3.8) is 0 Å². The zero-order valence-electron chi connectivity index (χ0n) is 15.9. The number of nitrogens with zero attached hydrogens (tertiary/aromatic N) is 1. The van der Waals surface area contributed by atoms with Crippen LogP contribution in [0.25, 0.3) is 10.9 Å². The molecule has 0 amide bonds. The molecular weight excluding hydrogens is 324 g/mol. The van der Waals surface area contributed by atoms with Gasteiger partial charge in [0.2, 0.25) is 0 Å². The zero-order chi connectivity index (χ0) is 18.4. The van der Waals surface area contributed by atoms with Crippen molar-refractivity contribution in [2.45, 2.75) is 26.3 Å². The molecule has 4 heteroatoms. The number of para-hydroxylation sites is 2. The molecule has 3 rings (SSSR count). The first-order chi connectivity index (χ1) is 12.8. The number of aromatic nitrogens is 1. The van der Waals surface area contributed by atoms with Gasteiger partial charge in [-0.3, -0.25) is 4.90 Å². The Morgan fingerprint density at radius 3 is 2.54 bits per heavy atom. The van der Waals surface area contributed by atoms with Gasteiger partial charge in [-0.2, -0.15) is 0 Å². The zero-order valence-corrected chi connectivity index (χ0v) is 15.9. The molecule has 1 heterocycles. The summed E-state index contributed by atoms with van der Waals surface area (Å²) in [5, 5.41) is 1.32. The maximum absolute atomic E-state index is 5.60. The topological polar surface area (TPSA) is 37.5 Å². The number of aromatic amines is 1. The Kier molecular flexibility index (Phi) is 6.18. The standard InChI is InChI=1S/C22H28N2O2/c1-4-13-24(16-18-8-7-11-21(25-2)22(18)26-3)14-12-17-15-23-20-10-6-5-9-19(17)20/h5-11,15,23H,4,12-14,16H2,1-3H3. The number of benzene rings is 2. The predicted octanol–water partition coefficient (Wildman–Crippen LogP) is 4.64. The fraction of sp³-hybridized carbons (Fsp3) is 0.364. The van der Waals surface area contributed by atoms with Gasteiger partial charge in [-0.25, -0.2) is 0 Å². The maximum Gasteiger partial charge on any atom is 0.165 e. The third-order valence-corrected chi connectivity index (χ3v) is 4.79. The quantitative estimate of drug-likeness (QED) is 0.609. The van der Waals surface area contributed by atoms with Crippen LogP contribution >= 0.6 is 0 Å². The van der Waals surface area contributed by atoms with Crippen LogP contribution in [-0.2, 0) is 13.0 Å². The van der Waals surface area contributed by atoms with E-state index in [-0.39, 0.29) is 0 Å². The molecule has 0 radical (unpaired) electrons. The lowest BCUT2D eigenvalue weighted by Crippen LogP contribution is -2.26. The second-order valence-electron chi connectivity index (χ2n) is 6.54. The molecule has 26 heavy (non-hydrogen) atoms. The van der Waals surface area contributed by atoms with Gasteiger partial charge in [0, 0.05) is 35.8 Å². The third-order valence-electron chi connectivity index (χ3n) is 4.79. The number of fused-ring (bicyclic) bond motifs is 1. The molecule has 0 saturated heterocycles. The van der Waals surface area contributed by atoms with Gasteiger partial charge in [0.1, 0.15) is 0 Å². The van der Waals surface area contributed by atoms with Crippen molar-refractivity contribution in [2.24, 2.45) is 0 Å². The summed E-state index contributed by atoms with van der Waals surface area (Å²) in [6, 6.07) is 14.6. The van der Waals surface area contributed by atoms with Crippen molar-refractivity contribution < 1.29 is 9.47 Å². The Bertz CT molecular complexity index is 841. The van der Waals surface area contributed by atoms with Gasteiger partial charge in [-0.05, 0) is 37.1 Å². The minimum atomic E-state index is 0.790. The number of ether oxygens (including phenoxy) is 2. The Morgan fingerprint density at radius 1 is 0.923 bits per heavy atom. The van der Waals surface area contributed by atoms with Gasteiger partial charge in [0.05, 0.1) is 14.2 Å². The number of hydrogen-bond acceptors (Lipinski definition) is 3. The molecule has 0 fully saturated rings. The minimum absolute atomic E-state index is 0.790. The summed E-state index contributed by atoms with van der Waals surface area (Å²) in [6.07, 6.45) is 4.29. The van der Waals surface area contributed by atoms with Gasteiger partial charge in [-0.1, -0.05) is 37.3 Å². The highest BCUT2D eigenvalue weighted by atomic mass is 16.5. The van der Waals surface area contributed by atoms with Gasteiger partial charge < -0.3 is 14.5 Å². The summed E-state index contributed by atoms with van der Waals surface area (Å²) >= 11 is 0. The first-order valence-corrected chi connectivity index (χ1v) is 9.24. The van der Waals surface area contributed by atoms with Crippen LogP contribution in [0.15, 0.2) is 48.7 Å². The van der Waals surface area contributed by atoms with Crippen LogP contribution in [0.4, 0.5) is 0 Å². The molecule has 3 aromatic rings. The summed E-state index contributed by atoms with van der Waals surface area (Å²) < 4.78 is 11.0. The summed E-state index contributed by atoms with van der Waals surface area (Å²) in [6.45, 7) is 5.15. The fourth-order valence-electron chi connectivity index (χ4n) is 3.52. The highest BCUT2D eigenvalue weighted by Gasteiger charge is 2.14. The molecule has 4 nitrogen and oxygen atoms in total. The van der Waals surface area contributed by atoms with Gasteiger partial charge in [-0.15, -0.1) is 0 Å². The van der Waals surface area contributed by atoms with Crippen LogP contribution in [0.3, 0.4) is 0 Å². The third kappa shape index (κ3) is 4.02. The summed E-state index contributed by atoms with van der Waals surface area (Å²) in [7, 11) is 3.39. The van der Waals surface area contributed by atoms with Crippen LogP contribution < -0.4 is 9.47 Å². The van der Waals surface area contributed by atoms with E-state index in [0.29, 0.717) is 0 Å². The van der Waals surface area contributed by atoms with E-state index in [1.54, 1.807) is 14.2 Å². The molecule has 0 aliphatic rings. The second-order valence-corrected chi connectivity index (χ2v) is 6.54. The fourth-order valence-corrected chi connectivity index (χ4v) is 3.52. The van der Waals surface area contributed by atoms with E-state index in [0.717, 1.165) is 44.0 Å². The number of nitrogens with one attached hydrogen (secondary N) is 1. The van der Waals surface area contributed by atoms with Gasteiger partial charge in [0.15, 0.2) is 11.5 Å². The molecule has 0 saturated carbocycles.